The summed E-state index contributed by atoms with van der Waals surface area (Å²) < 4.78 is 0. The van der Waals surface area contributed by atoms with Gasteiger partial charge in [0.15, 0.2) is 0 Å². The van der Waals surface area contributed by atoms with E-state index in [1.807, 2.05) is 0 Å². The summed E-state index contributed by atoms with van der Waals surface area (Å²) in [5.74, 6) is 0. The quantitative estimate of drug-likeness (QED) is 0.0829. The predicted molar refractivity (Wildman–Crippen MR) is 162 cm³/mol. The number of unbranched alkanes of at least 4 members (excludes halogenated alkanes) is 17. The van der Waals surface area contributed by atoms with E-state index in [9.17, 15) is 0 Å². The molecule has 0 atom stereocenters. The van der Waals surface area contributed by atoms with Gasteiger partial charge in [-0.1, -0.05) is 151 Å². The van der Waals surface area contributed by atoms with Crippen molar-refractivity contribution < 1.29 is 12.4 Å². The molecule has 0 unspecified atom stereocenters. The van der Waals surface area contributed by atoms with Crippen molar-refractivity contribution in [3.63, 3.8) is 0 Å². The molecule has 0 N–H and O–H groups in total. The molecule has 0 aliphatic carbocycles. The third kappa shape index (κ3) is 29.0. The number of hydrogen-bond donors (Lipinski definition) is 0. The van der Waals surface area contributed by atoms with E-state index in [0.717, 1.165) is 0 Å². The normalized spacial score (nSPS) is 11.1. The van der Waals surface area contributed by atoms with Gasteiger partial charge in [-0.3, -0.25) is 0 Å². The summed E-state index contributed by atoms with van der Waals surface area (Å²) >= 11 is 0. The molecule has 0 bridgehead atoms. The standard InChI is InChI=1S/C26H56P.C6H14.ClH/c1-5-9-13-14-15-16-17-18-19-20-21-22-26-27(23-10-6-2,24-11-7-3)25-12-8-4;1-3-5-6-4-2;/h5-26H2,1-4H3;3-6H2,1-2H3;1H/q+1;;/p-1. The van der Waals surface area contributed by atoms with E-state index in [1.54, 1.807) is 31.1 Å². The summed E-state index contributed by atoms with van der Waals surface area (Å²) in [4.78, 5) is 0. The van der Waals surface area contributed by atoms with Gasteiger partial charge in [0.1, 0.15) is 0 Å². The fourth-order valence-electron chi connectivity index (χ4n) is 4.94. The van der Waals surface area contributed by atoms with E-state index < -0.39 is 7.26 Å². The van der Waals surface area contributed by atoms with Crippen LogP contribution in [0, 0.1) is 0 Å². The molecule has 34 heavy (non-hydrogen) atoms. The van der Waals surface area contributed by atoms with Gasteiger partial charge >= 0.3 is 0 Å². The molecule has 210 valence electrons. The first-order chi connectivity index (χ1) is 16.2. The van der Waals surface area contributed by atoms with Crippen LogP contribution in [0.1, 0.15) is 183 Å². The first-order valence-corrected chi connectivity index (χ1v) is 18.5. The summed E-state index contributed by atoms with van der Waals surface area (Å²) in [5.41, 5.74) is 0. The molecule has 0 heterocycles. The Kier molecular flexibility index (Phi) is 38.9. The van der Waals surface area contributed by atoms with Gasteiger partial charge in [-0.05, 0) is 32.1 Å². The molecule has 0 aliphatic heterocycles. The molecule has 0 fully saturated rings. The highest BCUT2D eigenvalue weighted by Gasteiger charge is 2.34. The third-order valence-corrected chi connectivity index (χ3v) is 12.5. The summed E-state index contributed by atoms with van der Waals surface area (Å²) in [6.45, 7) is 13.9. The number of hydrogen-bond acceptors (Lipinski definition) is 0. The lowest BCUT2D eigenvalue weighted by Gasteiger charge is -2.28. The molecule has 0 aromatic rings. The highest BCUT2D eigenvalue weighted by molar-refractivity contribution is 7.75. The van der Waals surface area contributed by atoms with Crippen molar-refractivity contribution in [2.45, 2.75) is 183 Å². The molecule has 0 amide bonds. The summed E-state index contributed by atoms with van der Waals surface area (Å²) in [6.07, 6.45) is 38.5. The number of halogens is 1. The van der Waals surface area contributed by atoms with E-state index in [0.29, 0.717) is 0 Å². The molecule has 0 aromatic heterocycles. The van der Waals surface area contributed by atoms with Crippen LogP contribution in [-0.2, 0) is 0 Å². The smallest absolute Gasteiger partial charge is 0.0594 e. The number of rotatable bonds is 25. The van der Waals surface area contributed by atoms with Gasteiger partial charge in [-0.2, -0.15) is 0 Å². The zero-order valence-electron chi connectivity index (χ0n) is 25.2. The Morgan fingerprint density at radius 3 is 0.765 bits per heavy atom. The topological polar surface area (TPSA) is 0 Å². The zero-order valence-corrected chi connectivity index (χ0v) is 26.9. The first-order valence-electron chi connectivity index (χ1n) is 16.0. The minimum atomic E-state index is -0.626. The van der Waals surface area contributed by atoms with Crippen LogP contribution >= 0.6 is 7.26 Å². The van der Waals surface area contributed by atoms with Gasteiger partial charge in [0, 0.05) is 7.26 Å². The Morgan fingerprint density at radius 1 is 0.265 bits per heavy atom. The molecule has 0 rings (SSSR count). The van der Waals surface area contributed by atoms with Crippen LogP contribution < -0.4 is 12.4 Å². The van der Waals surface area contributed by atoms with Gasteiger partial charge in [-0.25, -0.2) is 0 Å². The molecule has 0 saturated heterocycles. The van der Waals surface area contributed by atoms with Crippen LogP contribution in [0.3, 0.4) is 0 Å². The van der Waals surface area contributed by atoms with Gasteiger partial charge < -0.3 is 12.4 Å². The van der Waals surface area contributed by atoms with Crippen LogP contribution in [-0.4, -0.2) is 24.6 Å². The van der Waals surface area contributed by atoms with Crippen LogP contribution in [0.5, 0.6) is 0 Å². The monoisotopic (exact) mass is 520 g/mol. The molecule has 0 aromatic carbocycles. The lowest BCUT2D eigenvalue weighted by molar-refractivity contribution is -0.00000769. The van der Waals surface area contributed by atoms with Crippen molar-refractivity contribution in [2.75, 3.05) is 24.6 Å². The van der Waals surface area contributed by atoms with E-state index >= 15 is 0 Å². The Morgan fingerprint density at radius 2 is 0.471 bits per heavy atom. The van der Waals surface area contributed by atoms with E-state index in [1.165, 1.54) is 135 Å². The second-order valence-electron chi connectivity index (χ2n) is 10.9. The lowest BCUT2D eigenvalue weighted by atomic mass is 10.1. The van der Waals surface area contributed by atoms with Crippen LogP contribution in [0.2, 0.25) is 0 Å². The highest BCUT2D eigenvalue weighted by atomic mass is 35.5. The Labute approximate surface area is 226 Å². The van der Waals surface area contributed by atoms with E-state index in [4.69, 9.17) is 0 Å². The van der Waals surface area contributed by atoms with Crippen LogP contribution in [0.25, 0.3) is 0 Å². The summed E-state index contributed by atoms with van der Waals surface area (Å²) in [7, 11) is -0.626. The van der Waals surface area contributed by atoms with Crippen LogP contribution in [0.15, 0.2) is 0 Å². The van der Waals surface area contributed by atoms with E-state index in [2.05, 4.69) is 41.5 Å². The minimum Gasteiger partial charge on any atom is -1.00 e. The van der Waals surface area contributed by atoms with Gasteiger partial charge in [0.2, 0.25) is 0 Å². The SMILES string of the molecule is CCCCCC.CCCCCCCCCCCCCC[P+](CCCC)(CCCC)CCCC.[Cl-]. The second kappa shape index (κ2) is 33.7. The molecular formula is C32H70ClP. The third-order valence-electron chi connectivity index (χ3n) is 7.40. The average Bonchev–Trinajstić information content (AvgIpc) is 2.84. The summed E-state index contributed by atoms with van der Waals surface area (Å²) in [6, 6.07) is 0. The molecule has 0 spiro atoms. The van der Waals surface area contributed by atoms with Gasteiger partial charge in [-0.15, -0.1) is 0 Å². The second-order valence-corrected chi connectivity index (χ2v) is 15.4. The van der Waals surface area contributed by atoms with Crippen molar-refractivity contribution in [3.8, 4) is 0 Å². The Bertz CT molecular complexity index is 305. The maximum absolute atomic E-state index is 2.39. The van der Waals surface area contributed by atoms with Gasteiger partial charge in [0.05, 0.1) is 24.6 Å². The maximum Gasteiger partial charge on any atom is 0.0594 e. The average molecular weight is 521 g/mol. The largest absolute Gasteiger partial charge is 1.00 e. The fourth-order valence-corrected chi connectivity index (χ4v) is 10.1. The minimum absolute atomic E-state index is 0. The molecule has 0 aliphatic rings. The van der Waals surface area contributed by atoms with Crippen molar-refractivity contribution in [1.82, 2.24) is 0 Å². The van der Waals surface area contributed by atoms with Crippen molar-refractivity contribution in [3.05, 3.63) is 0 Å². The van der Waals surface area contributed by atoms with Crippen molar-refractivity contribution in [2.24, 2.45) is 0 Å². The van der Waals surface area contributed by atoms with Gasteiger partial charge in [0.25, 0.3) is 0 Å². The molecule has 2 heteroatoms. The van der Waals surface area contributed by atoms with E-state index in [-0.39, 0.29) is 12.4 Å². The zero-order chi connectivity index (χ0) is 24.9. The highest BCUT2D eigenvalue weighted by Crippen LogP contribution is 2.61. The molecule has 0 nitrogen and oxygen atoms in total. The molecule has 0 saturated carbocycles. The van der Waals surface area contributed by atoms with Crippen LogP contribution in [0.4, 0.5) is 0 Å². The predicted octanol–water partition coefficient (Wildman–Crippen LogP) is 9.70. The Hall–Kier alpha value is 0.720. The van der Waals surface area contributed by atoms with Crippen molar-refractivity contribution in [1.29, 1.82) is 0 Å². The fraction of sp³-hybridized carbons (Fsp3) is 1.00. The Balaban J connectivity index is -0.00000121. The molecule has 0 radical (unpaired) electrons. The lowest BCUT2D eigenvalue weighted by Crippen LogP contribution is -3.00. The molecular weight excluding hydrogens is 451 g/mol. The van der Waals surface area contributed by atoms with Crippen molar-refractivity contribution >= 4 is 7.26 Å². The maximum atomic E-state index is 2.39. The summed E-state index contributed by atoms with van der Waals surface area (Å²) in [5, 5.41) is 0. The first kappa shape index (κ1) is 39.2.